The standard InChI is InChI=1S/C11H12N2O2/c1-8-2-3-9(6-12)11(13-8)15-10-4-5-14-7-10/h2-3,10H,4-5,7H2,1H3. The molecule has 0 aliphatic carbocycles. The van der Waals surface area contributed by atoms with Crippen LogP contribution in [-0.2, 0) is 4.74 Å². The first-order valence-corrected chi connectivity index (χ1v) is 4.92. The molecule has 0 saturated carbocycles. The predicted molar refractivity (Wildman–Crippen MR) is 53.5 cm³/mol. The first-order valence-electron chi connectivity index (χ1n) is 4.92. The lowest BCUT2D eigenvalue weighted by molar-refractivity contribution is 0.137. The van der Waals surface area contributed by atoms with Crippen LogP contribution in [0.5, 0.6) is 5.88 Å². The first-order chi connectivity index (χ1) is 7.29. The van der Waals surface area contributed by atoms with Crippen LogP contribution in [0.25, 0.3) is 0 Å². The largest absolute Gasteiger partial charge is 0.471 e. The summed E-state index contributed by atoms with van der Waals surface area (Å²) in [5.41, 5.74) is 1.33. The molecular weight excluding hydrogens is 192 g/mol. The average Bonchev–Trinajstić information content (AvgIpc) is 2.71. The summed E-state index contributed by atoms with van der Waals surface area (Å²) >= 11 is 0. The van der Waals surface area contributed by atoms with Gasteiger partial charge < -0.3 is 9.47 Å². The van der Waals surface area contributed by atoms with E-state index >= 15 is 0 Å². The topological polar surface area (TPSA) is 55.1 Å². The van der Waals surface area contributed by atoms with Crippen LogP contribution in [-0.4, -0.2) is 24.3 Å². The van der Waals surface area contributed by atoms with Crippen molar-refractivity contribution in [2.45, 2.75) is 19.4 Å². The molecule has 78 valence electrons. The van der Waals surface area contributed by atoms with E-state index in [0.717, 1.165) is 18.7 Å². The Balaban J connectivity index is 2.18. The monoisotopic (exact) mass is 204 g/mol. The molecule has 0 spiro atoms. The smallest absolute Gasteiger partial charge is 0.232 e. The number of ether oxygens (including phenoxy) is 2. The number of rotatable bonds is 2. The van der Waals surface area contributed by atoms with Gasteiger partial charge in [-0.25, -0.2) is 4.98 Å². The molecule has 4 heteroatoms. The SMILES string of the molecule is Cc1ccc(C#N)c(OC2CCOC2)n1. The minimum Gasteiger partial charge on any atom is -0.471 e. The zero-order chi connectivity index (χ0) is 10.7. The Morgan fingerprint density at radius 2 is 2.47 bits per heavy atom. The van der Waals surface area contributed by atoms with Crippen molar-refractivity contribution in [3.63, 3.8) is 0 Å². The van der Waals surface area contributed by atoms with Gasteiger partial charge in [-0.1, -0.05) is 0 Å². The van der Waals surface area contributed by atoms with E-state index in [-0.39, 0.29) is 6.10 Å². The van der Waals surface area contributed by atoms with E-state index in [0.29, 0.717) is 18.1 Å². The molecule has 0 radical (unpaired) electrons. The molecule has 1 aliphatic rings. The lowest BCUT2D eigenvalue weighted by Crippen LogP contribution is -2.17. The van der Waals surface area contributed by atoms with Gasteiger partial charge in [0.1, 0.15) is 17.7 Å². The summed E-state index contributed by atoms with van der Waals surface area (Å²) in [5.74, 6) is 0.424. The van der Waals surface area contributed by atoms with Gasteiger partial charge in [-0.3, -0.25) is 0 Å². The molecule has 2 rings (SSSR count). The van der Waals surface area contributed by atoms with Crippen molar-refractivity contribution in [2.75, 3.05) is 13.2 Å². The van der Waals surface area contributed by atoms with Crippen molar-refractivity contribution in [1.29, 1.82) is 5.26 Å². The molecule has 0 amide bonds. The number of nitrogens with zero attached hydrogens (tertiary/aromatic N) is 2. The van der Waals surface area contributed by atoms with Gasteiger partial charge in [0.2, 0.25) is 5.88 Å². The van der Waals surface area contributed by atoms with Gasteiger partial charge in [-0.2, -0.15) is 5.26 Å². The maximum Gasteiger partial charge on any atom is 0.232 e. The average molecular weight is 204 g/mol. The Labute approximate surface area is 88.5 Å². The lowest BCUT2D eigenvalue weighted by Gasteiger charge is -2.11. The van der Waals surface area contributed by atoms with Crippen LogP contribution >= 0.6 is 0 Å². The Kier molecular flexibility index (Phi) is 2.84. The molecule has 0 N–H and O–H groups in total. The highest BCUT2D eigenvalue weighted by atomic mass is 16.5. The van der Waals surface area contributed by atoms with Gasteiger partial charge in [0, 0.05) is 12.1 Å². The van der Waals surface area contributed by atoms with E-state index in [1.807, 2.05) is 6.92 Å². The highest BCUT2D eigenvalue weighted by molar-refractivity contribution is 5.38. The summed E-state index contributed by atoms with van der Waals surface area (Å²) in [7, 11) is 0. The van der Waals surface area contributed by atoms with Gasteiger partial charge in [-0.15, -0.1) is 0 Å². The summed E-state index contributed by atoms with van der Waals surface area (Å²) in [6.45, 7) is 3.18. The second-order valence-electron chi connectivity index (χ2n) is 3.52. The van der Waals surface area contributed by atoms with Gasteiger partial charge in [0.15, 0.2) is 0 Å². The van der Waals surface area contributed by atoms with Crippen LogP contribution in [0.1, 0.15) is 17.7 Å². The van der Waals surface area contributed by atoms with Crippen molar-refractivity contribution in [2.24, 2.45) is 0 Å². The Bertz CT molecular complexity index is 392. The summed E-state index contributed by atoms with van der Waals surface area (Å²) in [5, 5.41) is 8.88. The highest BCUT2D eigenvalue weighted by Gasteiger charge is 2.19. The van der Waals surface area contributed by atoms with Crippen molar-refractivity contribution >= 4 is 0 Å². The van der Waals surface area contributed by atoms with Gasteiger partial charge in [0.25, 0.3) is 0 Å². The number of nitriles is 1. The van der Waals surface area contributed by atoms with E-state index < -0.39 is 0 Å². The molecule has 0 aromatic carbocycles. The quantitative estimate of drug-likeness (QED) is 0.731. The number of hydrogen-bond acceptors (Lipinski definition) is 4. The second kappa shape index (κ2) is 4.28. The molecule has 1 atom stereocenters. The third-order valence-electron chi connectivity index (χ3n) is 2.29. The fourth-order valence-electron chi connectivity index (χ4n) is 1.47. The number of aryl methyl sites for hydroxylation is 1. The molecule has 2 heterocycles. The van der Waals surface area contributed by atoms with Crippen molar-refractivity contribution in [3.05, 3.63) is 23.4 Å². The minimum absolute atomic E-state index is 0.0337. The minimum atomic E-state index is 0.0337. The fourth-order valence-corrected chi connectivity index (χ4v) is 1.47. The van der Waals surface area contributed by atoms with E-state index in [9.17, 15) is 0 Å². The van der Waals surface area contributed by atoms with Gasteiger partial charge in [-0.05, 0) is 19.1 Å². The summed E-state index contributed by atoms with van der Waals surface area (Å²) in [4.78, 5) is 4.21. The molecule has 1 saturated heterocycles. The molecule has 1 aliphatic heterocycles. The molecule has 1 aromatic heterocycles. The third-order valence-corrected chi connectivity index (χ3v) is 2.29. The van der Waals surface area contributed by atoms with E-state index in [2.05, 4.69) is 11.1 Å². The van der Waals surface area contributed by atoms with Gasteiger partial charge >= 0.3 is 0 Å². The summed E-state index contributed by atoms with van der Waals surface area (Å²) < 4.78 is 10.8. The van der Waals surface area contributed by atoms with Crippen LogP contribution < -0.4 is 4.74 Å². The molecule has 15 heavy (non-hydrogen) atoms. The molecule has 1 unspecified atom stereocenters. The van der Waals surface area contributed by atoms with Crippen LogP contribution in [0.3, 0.4) is 0 Å². The van der Waals surface area contributed by atoms with Gasteiger partial charge in [0.05, 0.1) is 13.2 Å². The predicted octanol–water partition coefficient (Wildman–Crippen LogP) is 1.43. The summed E-state index contributed by atoms with van der Waals surface area (Å²) in [6, 6.07) is 5.60. The number of hydrogen-bond donors (Lipinski definition) is 0. The van der Waals surface area contributed by atoms with E-state index in [4.69, 9.17) is 14.7 Å². The highest BCUT2D eigenvalue weighted by Crippen LogP contribution is 2.19. The van der Waals surface area contributed by atoms with E-state index in [1.54, 1.807) is 12.1 Å². The molecular formula is C11H12N2O2. The van der Waals surface area contributed by atoms with Crippen molar-refractivity contribution in [3.8, 4) is 11.9 Å². The number of aromatic nitrogens is 1. The maximum absolute atomic E-state index is 8.88. The first kappa shape index (κ1) is 9.94. The van der Waals surface area contributed by atoms with Crippen molar-refractivity contribution in [1.82, 2.24) is 4.98 Å². The summed E-state index contributed by atoms with van der Waals surface area (Å²) in [6.07, 6.45) is 0.895. The Morgan fingerprint density at radius 1 is 1.60 bits per heavy atom. The van der Waals surface area contributed by atoms with Crippen LogP contribution in [0.15, 0.2) is 12.1 Å². The zero-order valence-electron chi connectivity index (χ0n) is 8.56. The molecule has 4 nitrogen and oxygen atoms in total. The third kappa shape index (κ3) is 2.25. The Morgan fingerprint density at radius 3 is 3.13 bits per heavy atom. The second-order valence-corrected chi connectivity index (χ2v) is 3.52. The molecule has 1 aromatic rings. The Hall–Kier alpha value is -1.60. The fraction of sp³-hybridized carbons (Fsp3) is 0.455. The van der Waals surface area contributed by atoms with Crippen molar-refractivity contribution < 1.29 is 9.47 Å². The number of pyridine rings is 1. The maximum atomic E-state index is 8.88. The van der Waals surface area contributed by atoms with E-state index in [1.165, 1.54) is 0 Å². The normalized spacial score (nSPS) is 19.9. The van der Waals surface area contributed by atoms with Crippen LogP contribution in [0, 0.1) is 18.3 Å². The zero-order valence-corrected chi connectivity index (χ0v) is 8.56. The lowest BCUT2D eigenvalue weighted by atomic mass is 10.2. The van der Waals surface area contributed by atoms with Crippen LogP contribution in [0.2, 0.25) is 0 Å². The molecule has 0 bridgehead atoms. The van der Waals surface area contributed by atoms with Crippen LogP contribution in [0.4, 0.5) is 0 Å². The molecule has 1 fully saturated rings.